The molecule has 28 heavy (non-hydrogen) atoms. The average molecular weight is 395 g/mol. The first kappa shape index (κ1) is 18.6. The lowest BCUT2D eigenvalue weighted by molar-refractivity contribution is -0.131. The van der Waals surface area contributed by atoms with Gasteiger partial charge in [-0.1, -0.05) is 48.0 Å². The zero-order chi connectivity index (χ0) is 19.3. The van der Waals surface area contributed by atoms with E-state index in [1.165, 1.54) is 11.1 Å². The molecule has 0 radical (unpaired) electrons. The Labute approximate surface area is 169 Å². The highest BCUT2D eigenvalue weighted by molar-refractivity contribution is 6.35. The number of benzene rings is 2. The zero-order valence-electron chi connectivity index (χ0n) is 15.7. The molecule has 4 rings (SSSR count). The topological polar surface area (TPSA) is 45.3 Å². The molecule has 0 saturated carbocycles. The highest BCUT2D eigenvalue weighted by atomic mass is 35.5. The number of para-hydroxylation sites is 2. The summed E-state index contributed by atoms with van der Waals surface area (Å²) in [6.45, 7) is 1.96. The molecule has 0 unspecified atom stereocenters. The number of nitrogens with one attached hydrogen (secondary N) is 1. The van der Waals surface area contributed by atoms with Gasteiger partial charge in [-0.05, 0) is 36.6 Å². The first-order valence-corrected chi connectivity index (χ1v) is 10.0. The lowest BCUT2D eigenvalue weighted by atomic mass is 9.98. The molecule has 0 spiro atoms. The fourth-order valence-electron chi connectivity index (χ4n) is 3.61. The van der Waals surface area contributed by atoms with E-state index in [-0.39, 0.29) is 5.91 Å². The van der Waals surface area contributed by atoms with Gasteiger partial charge in [0, 0.05) is 36.7 Å². The Morgan fingerprint density at radius 3 is 2.79 bits per heavy atom. The minimum atomic E-state index is 0.189. The van der Waals surface area contributed by atoms with Crippen LogP contribution in [-0.4, -0.2) is 35.5 Å². The molecule has 3 aromatic rings. The number of hydrogen-bond donors (Lipinski definition) is 1. The van der Waals surface area contributed by atoms with Gasteiger partial charge in [-0.3, -0.25) is 4.79 Å². The summed E-state index contributed by atoms with van der Waals surface area (Å²) >= 11 is 6.26. The number of halogens is 1. The molecule has 4 nitrogen and oxygen atoms in total. The third kappa shape index (κ3) is 4.07. The summed E-state index contributed by atoms with van der Waals surface area (Å²) in [5.74, 6) is 1.04. The summed E-state index contributed by atoms with van der Waals surface area (Å²) in [5, 5.41) is 1.87. The van der Waals surface area contributed by atoms with Crippen molar-refractivity contribution in [1.29, 1.82) is 0 Å². The number of fused-ring (bicyclic) bond motifs is 1. The molecule has 5 heteroatoms. The van der Waals surface area contributed by atoms with E-state index in [1.807, 2.05) is 53.6 Å². The van der Waals surface area contributed by atoms with E-state index in [0.717, 1.165) is 41.1 Å². The summed E-state index contributed by atoms with van der Waals surface area (Å²) < 4.78 is 5.66. The van der Waals surface area contributed by atoms with Crippen molar-refractivity contribution in [3.8, 4) is 5.75 Å². The van der Waals surface area contributed by atoms with E-state index < -0.39 is 0 Å². The number of aromatic nitrogens is 1. The minimum Gasteiger partial charge on any atom is -0.494 e. The second-order valence-electron chi connectivity index (χ2n) is 6.95. The molecule has 1 aromatic heterocycles. The smallest absolute Gasteiger partial charge is 0.222 e. The third-order valence-electron chi connectivity index (χ3n) is 5.12. The second-order valence-corrected chi connectivity index (χ2v) is 7.36. The molecule has 0 saturated heterocycles. The highest BCUT2D eigenvalue weighted by Crippen LogP contribution is 2.32. The van der Waals surface area contributed by atoms with Gasteiger partial charge in [-0.25, -0.2) is 0 Å². The SMILES string of the molecule is O=C(CCCOc1ccccc1)N1CC=C(c2c[nH]c3c(Cl)cccc23)CC1. The van der Waals surface area contributed by atoms with Crippen molar-refractivity contribution in [2.45, 2.75) is 19.3 Å². The van der Waals surface area contributed by atoms with Crippen LogP contribution in [0.5, 0.6) is 5.75 Å². The van der Waals surface area contributed by atoms with Crippen molar-refractivity contribution in [1.82, 2.24) is 9.88 Å². The predicted molar refractivity (Wildman–Crippen MR) is 114 cm³/mol. The second kappa shape index (κ2) is 8.53. The minimum absolute atomic E-state index is 0.189. The van der Waals surface area contributed by atoms with Crippen LogP contribution in [-0.2, 0) is 4.79 Å². The van der Waals surface area contributed by atoms with Crippen LogP contribution in [0, 0.1) is 0 Å². The molecule has 0 aliphatic carbocycles. The van der Waals surface area contributed by atoms with Gasteiger partial charge in [0.05, 0.1) is 17.1 Å². The number of H-pyrrole nitrogens is 1. The summed E-state index contributed by atoms with van der Waals surface area (Å²) in [5.41, 5.74) is 3.42. The third-order valence-corrected chi connectivity index (χ3v) is 5.43. The van der Waals surface area contributed by atoms with E-state index in [4.69, 9.17) is 16.3 Å². The molecule has 1 aliphatic rings. The number of amides is 1. The summed E-state index contributed by atoms with van der Waals surface area (Å²) in [7, 11) is 0. The molecule has 1 amide bonds. The quantitative estimate of drug-likeness (QED) is 0.577. The van der Waals surface area contributed by atoms with Crippen molar-refractivity contribution in [2.24, 2.45) is 0 Å². The van der Waals surface area contributed by atoms with E-state index in [1.54, 1.807) is 0 Å². The monoisotopic (exact) mass is 394 g/mol. The fraction of sp³-hybridized carbons (Fsp3) is 0.261. The van der Waals surface area contributed by atoms with Gasteiger partial charge in [0.25, 0.3) is 0 Å². The van der Waals surface area contributed by atoms with Crippen molar-refractivity contribution in [3.05, 3.63) is 71.4 Å². The van der Waals surface area contributed by atoms with E-state index in [0.29, 0.717) is 19.6 Å². The van der Waals surface area contributed by atoms with Crippen molar-refractivity contribution in [2.75, 3.05) is 19.7 Å². The largest absolute Gasteiger partial charge is 0.494 e. The Morgan fingerprint density at radius 1 is 1.14 bits per heavy atom. The maximum Gasteiger partial charge on any atom is 0.222 e. The molecular weight excluding hydrogens is 372 g/mol. The number of carbonyl (C=O) groups excluding carboxylic acids is 1. The number of carbonyl (C=O) groups is 1. The number of nitrogens with zero attached hydrogens (tertiary/aromatic N) is 1. The maximum atomic E-state index is 12.5. The zero-order valence-corrected chi connectivity index (χ0v) is 16.4. The van der Waals surface area contributed by atoms with Gasteiger partial charge < -0.3 is 14.6 Å². The van der Waals surface area contributed by atoms with Crippen LogP contribution in [0.2, 0.25) is 5.02 Å². The van der Waals surface area contributed by atoms with Crippen molar-refractivity contribution >= 4 is 34.0 Å². The molecule has 2 heterocycles. The standard InChI is InChI=1S/C23H23ClN2O2/c24-21-9-4-8-19-20(16-25-23(19)21)17-11-13-26(14-12-17)22(27)10-5-15-28-18-6-2-1-3-7-18/h1-4,6-9,11,16,25H,5,10,12-15H2. The van der Waals surface area contributed by atoms with Crippen LogP contribution in [0.1, 0.15) is 24.8 Å². The van der Waals surface area contributed by atoms with Gasteiger partial charge in [0.2, 0.25) is 5.91 Å². The first-order chi connectivity index (χ1) is 13.7. The molecule has 0 fully saturated rings. The Hall–Kier alpha value is -2.72. The number of rotatable bonds is 6. The van der Waals surface area contributed by atoms with Crippen LogP contribution in [0.4, 0.5) is 0 Å². The number of ether oxygens (including phenoxy) is 1. The van der Waals surface area contributed by atoms with Gasteiger partial charge in [0.1, 0.15) is 5.75 Å². The van der Waals surface area contributed by atoms with Gasteiger partial charge in [0.15, 0.2) is 0 Å². The van der Waals surface area contributed by atoms with Crippen LogP contribution in [0.15, 0.2) is 60.8 Å². The van der Waals surface area contributed by atoms with Crippen LogP contribution < -0.4 is 4.74 Å². The van der Waals surface area contributed by atoms with Crippen molar-refractivity contribution < 1.29 is 9.53 Å². The van der Waals surface area contributed by atoms with E-state index in [9.17, 15) is 4.79 Å². The molecule has 1 aliphatic heterocycles. The Balaban J connectivity index is 1.30. The predicted octanol–water partition coefficient (Wildman–Crippen LogP) is 5.30. The lowest BCUT2D eigenvalue weighted by Gasteiger charge is -2.26. The van der Waals surface area contributed by atoms with E-state index >= 15 is 0 Å². The molecule has 1 N–H and O–H groups in total. The van der Waals surface area contributed by atoms with Gasteiger partial charge in [-0.2, -0.15) is 0 Å². The summed E-state index contributed by atoms with van der Waals surface area (Å²) in [4.78, 5) is 17.7. The summed E-state index contributed by atoms with van der Waals surface area (Å²) in [6.07, 6.45) is 6.26. The number of aromatic amines is 1. The highest BCUT2D eigenvalue weighted by Gasteiger charge is 2.19. The number of hydrogen-bond acceptors (Lipinski definition) is 2. The van der Waals surface area contributed by atoms with E-state index in [2.05, 4.69) is 17.1 Å². The van der Waals surface area contributed by atoms with Crippen LogP contribution >= 0.6 is 11.6 Å². The normalized spacial score (nSPS) is 14.2. The summed E-state index contributed by atoms with van der Waals surface area (Å²) in [6, 6.07) is 15.6. The molecule has 0 bridgehead atoms. The molecule has 144 valence electrons. The van der Waals surface area contributed by atoms with Crippen molar-refractivity contribution in [3.63, 3.8) is 0 Å². The lowest BCUT2D eigenvalue weighted by Crippen LogP contribution is -2.34. The Kier molecular flexibility index (Phi) is 5.68. The fourth-order valence-corrected chi connectivity index (χ4v) is 3.84. The first-order valence-electron chi connectivity index (χ1n) is 9.63. The Bertz CT molecular complexity index is 994. The molecule has 0 atom stereocenters. The van der Waals surface area contributed by atoms with Crippen LogP contribution in [0.25, 0.3) is 16.5 Å². The molecule has 2 aromatic carbocycles. The van der Waals surface area contributed by atoms with Crippen LogP contribution in [0.3, 0.4) is 0 Å². The van der Waals surface area contributed by atoms with Gasteiger partial charge in [-0.15, -0.1) is 0 Å². The Morgan fingerprint density at radius 2 is 2.00 bits per heavy atom. The van der Waals surface area contributed by atoms with Gasteiger partial charge >= 0.3 is 0 Å². The molecular formula is C23H23ClN2O2. The average Bonchev–Trinajstić information content (AvgIpc) is 3.17. The maximum absolute atomic E-state index is 12.5.